The molecule has 0 aliphatic carbocycles. The van der Waals surface area contributed by atoms with Crippen LogP contribution in [0.2, 0.25) is 0 Å². The Balaban J connectivity index is 1.37. The average molecular weight is 623 g/mol. The normalized spacial score (nSPS) is 21.9. The molecule has 2 heterocycles. The van der Waals surface area contributed by atoms with Crippen molar-refractivity contribution in [3.8, 4) is 5.75 Å². The molecule has 2 aromatic rings. The second-order valence-electron chi connectivity index (χ2n) is 11.6. The van der Waals surface area contributed by atoms with Crippen LogP contribution in [0.3, 0.4) is 0 Å². The summed E-state index contributed by atoms with van der Waals surface area (Å²) < 4.78 is 5.21. The molecule has 238 valence electrons. The molecule has 6 N–H and O–H groups in total. The van der Waals surface area contributed by atoms with Gasteiger partial charge in [0.05, 0.1) is 13.2 Å². The summed E-state index contributed by atoms with van der Waals surface area (Å²) in [5.41, 5.74) is 8.25. The van der Waals surface area contributed by atoms with E-state index >= 15 is 0 Å². The highest BCUT2D eigenvalue weighted by molar-refractivity contribution is 7.80. The highest BCUT2D eigenvalue weighted by atomic mass is 32.1. The van der Waals surface area contributed by atoms with E-state index in [0.29, 0.717) is 50.4 Å². The zero-order chi connectivity index (χ0) is 31.5. The zero-order valence-corrected chi connectivity index (χ0v) is 26.5. The number of nitrogens with one attached hydrogen (secondary N) is 4. The quantitative estimate of drug-likeness (QED) is 0.215. The van der Waals surface area contributed by atoms with Crippen LogP contribution >= 0.6 is 12.2 Å². The van der Waals surface area contributed by atoms with Crippen molar-refractivity contribution in [2.24, 2.45) is 11.7 Å². The van der Waals surface area contributed by atoms with E-state index in [0.717, 1.165) is 36.1 Å². The molecule has 0 unspecified atom stereocenters. The maximum atomic E-state index is 14.1. The number of nitrogens with zero attached hydrogens (tertiary/aromatic N) is 1. The van der Waals surface area contributed by atoms with Gasteiger partial charge in [0, 0.05) is 25.7 Å². The summed E-state index contributed by atoms with van der Waals surface area (Å²) in [6.45, 7) is 3.46. The maximum absolute atomic E-state index is 14.1. The third kappa shape index (κ3) is 8.92. The van der Waals surface area contributed by atoms with Crippen LogP contribution in [-0.2, 0) is 27.3 Å². The third-order valence-corrected chi connectivity index (χ3v) is 9.00. The monoisotopic (exact) mass is 622 g/mol. The molecule has 2 saturated heterocycles. The van der Waals surface area contributed by atoms with Crippen LogP contribution in [0.25, 0.3) is 0 Å². The number of carbonyl (C=O) groups excluding carboxylic acids is 3. The van der Waals surface area contributed by atoms with Gasteiger partial charge in [0.1, 0.15) is 17.8 Å². The molecular weight excluding hydrogens is 576 g/mol. The standard InChI is InChI=1S/C33H46N6O4S/c1-3-27(34)30(40)38-29-24(18-20-36-33(44)37-21-23-7-5-4-6-8-23)11-12-25-13-16-28(39(25)32(29)42)31(41)35-19-17-22-9-14-26(43-2)15-10-22/h4-10,14-15,24-25,27-29H,3,11-13,16-21,34H2,1-2H3,(H,35,41)(H,38,40)(H2,36,37,44)/t24-,25+,27+,28+,29+/m1/s1. The molecule has 10 nitrogen and oxygen atoms in total. The number of nitrogens with two attached hydrogens (primary N) is 1. The fraction of sp³-hybridized carbons (Fsp3) is 0.515. The van der Waals surface area contributed by atoms with Crippen molar-refractivity contribution in [3.05, 3.63) is 65.7 Å². The minimum atomic E-state index is -0.759. The lowest BCUT2D eigenvalue weighted by Gasteiger charge is -2.32. The molecule has 0 saturated carbocycles. The molecule has 44 heavy (non-hydrogen) atoms. The van der Waals surface area contributed by atoms with Crippen molar-refractivity contribution in [2.75, 3.05) is 20.2 Å². The first-order chi connectivity index (χ1) is 21.3. The molecule has 3 amide bonds. The van der Waals surface area contributed by atoms with E-state index < -0.39 is 18.1 Å². The third-order valence-electron chi connectivity index (χ3n) is 8.71. The molecule has 2 aromatic carbocycles. The minimum absolute atomic E-state index is 0.0364. The van der Waals surface area contributed by atoms with Crippen LogP contribution in [-0.4, -0.2) is 72.1 Å². The summed E-state index contributed by atoms with van der Waals surface area (Å²) in [6, 6.07) is 15.7. The van der Waals surface area contributed by atoms with Gasteiger partial charge in [-0.05, 0) is 86.3 Å². The number of thiocarbonyl (C=S) groups is 1. The topological polar surface area (TPSA) is 138 Å². The summed E-state index contributed by atoms with van der Waals surface area (Å²) in [6.07, 6.45) is 4.65. The lowest BCUT2D eigenvalue weighted by molar-refractivity contribution is -0.143. The first-order valence-electron chi connectivity index (χ1n) is 15.6. The second kappa shape index (κ2) is 16.4. The molecule has 2 fully saturated rings. The van der Waals surface area contributed by atoms with Crippen LogP contribution in [0.15, 0.2) is 54.6 Å². The van der Waals surface area contributed by atoms with Gasteiger partial charge in [-0.3, -0.25) is 14.4 Å². The number of hydrogen-bond donors (Lipinski definition) is 5. The van der Waals surface area contributed by atoms with Crippen molar-refractivity contribution in [1.82, 2.24) is 26.2 Å². The smallest absolute Gasteiger partial charge is 0.246 e. The van der Waals surface area contributed by atoms with Crippen LogP contribution in [0, 0.1) is 5.92 Å². The van der Waals surface area contributed by atoms with Gasteiger partial charge in [-0.25, -0.2) is 0 Å². The molecule has 0 spiro atoms. The highest BCUT2D eigenvalue weighted by Gasteiger charge is 2.47. The van der Waals surface area contributed by atoms with E-state index in [1.807, 2.05) is 61.5 Å². The Morgan fingerprint density at radius 1 is 0.977 bits per heavy atom. The number of carbonyl (C=O) groups is 3. The Morgan fingerprint density at radius 3 is 2.41 bits per heavy atom. The van der Waals surface area contributed by atoms with Gasteiger partial charge < -0.3 is 36.6 Å². The summed E-state index contributed by atoms with van der Waals surface area (Å²) in [4.78, 5) is 42.2. The predicted octanol–water partition coefficient (Wildman–Crippen LogP) is 2.40. The van der Waals surface area contributed by atoms with Crippen LogP contribution < -0.4 is 31.7 Å². The molecule has 2 aliphatic rings. The van der Waals surface area contributed by atoms with Crippen molar-refractivity contribution < 1.29 is 19.1 Å². The van der Waals surface area contributed by atoms with Crippen molar-refractivity contribution in [3.63, 3.8) is 0 Å². The lowest BCUT2D eigenvalue weighted by atomic mass is 9.90. The largest absolute Gasteiger partial charge is 0.497 e. The summed E-state index contributed by atoms with van der Waals surface area (Å²) in [7, 11) is 1.63. The lowest BCUT2D eigenvalue weighted by Crippen LogP contribution is -2.58. The number of amides is 3. The molecule has 0 aromatic heterocycles. The van der Waals surface area contributed by atoms with Gasteiger partial charge in [0.25, 0.3) is 0 Å². The van der Waals surface area contributed by atoms with E-state index in [4.69, 9.17) is 22.7 Å². The number of methoxy groups -OCH3 is 1. The van der Waals surface area contributed by atoms with Gasteiger partial charge in [-0.2, -0.15) is 0 Å². The predicted molar refractivity (Wildman–Crippen MR) is 175 cm³/mol. The number of benzene rings is 2. The first kappa shape index (κ1) is 33.2. The Bertz CT molecular complexity index is 1260. The van der Waals surface area contributed by atoms with Gasteiger partial charge in [-0.15, -0.1) is 0 Å². The minimum Gasteiger partial charge on any atom is -0.497 e. The number of rotatable bonds is 13. The van der Waals surface area contributed by atoms with Crippen molar-refractivity contribution >= 4 is 35.1 Å². The molecule has 0 bridgehead atoms. The summed E-state index contributed by atoms with van der Waals surface area (Å²) >= 11 is 5.47. The molecule has 5 atom stereocenters. The van der Waals surface area contributed by atoms with Crippen molar-refractivity contribution in [1.29, 1.82) is 0 Å². The van der Waals surface area contributed by atoms with Crippen molar-refractivity contribution in [2.45, 2.75) is 82.6 Å². The zero-order valence-electron chi connectivity index (χ0n) is 25.7. The Hall–Kier alpha value is -3.70. The van der Waals surface area contributed by atoms with E-state index in [2.05, 4.69) is 21.3 Å². The summed E-state index contributed by atoms with van der Waals surface area (Å²) in [5.74, 6) is -0.0368. The van der Waals surface area contributed by atoms with E-state index in [1.165, 1.54) is 0 Å². The number of ether oxygens (including phenoxy) is 1. The second-order valence-corrected chi connectivity index (χ2v) is 12.0. The molecular formula is C33H46N6O4S. The SMILES string of the molecule is CC[C@H](N)C(=O)N[C@@H]1C(=O)N2[C@@H](CC[C@@H]1CCNC(=S)NCc1ccccc1)CC[C@H]2C(=O)NCCc1ccc(OC)cc1. The van der Waals surface area contributed by atoms with Crippen LogP contribution in [0.1, 0.15) is 56.6 Å². The Kier molecular flexibility index (Phi) is 12.4. The number of fused-ring (bicyclic) bond motifs is 1. The maximum Gasteiger partial charge on any atom is 0.246 e. The van der Waals surface area contributed by atoms with Gasteiger partial charge in [0.2, 0.25) is 17.7 Å². The van der Waals surface area contributed by atoms with Crippen LogP contribution in [0.4, 0.5) is 0 Å². The summed E-state index contributed by atoms with van der Waals surface area (Å²) in [5, 5.41) is 13.0. The first-order valence-corrected chi connectivity index (χ1v) is 16.1. The molecule has 11 heteroatoms. The fourth-order valence-corrected chi connectivity index (χ4v) is 6.26. The molecule has 4 rings (SSSR count). The van der Waals surface area contributed by atoms with Crippen LogP contribution in [0.5, 0.6) is 5.75 Å². The van der Waals surface area contributed by atoms with E-state index in [9.17, 15) is 14.4 Å². The van der Waals surface area contributed by atoms with E-state index in [-0.39, 0.29) is 29.7 Å². The van der Waals surface area contributed by atoms with Gasteiger partial charge in [-0.1, -0.05) is 49.4 Å². The van der Waals surface area contributed by atoms with Gasteiger partial charge in [0.15, 0.2) is 5.11 Å². The van der Waals surface area contributed by atoms with E-state index in [1.54, 1.807) is 12.0 Å². The Morgan fingerprint density at radius 2 is 1.70 bits per heavy atom. The Labute approximate surface area is 265 Å². The average Bonchev–Trinajstić information content (AvgIpc) is 3.43. The molecule has 0 radical (unpaired) electrons. The number of hydrogen-bond acceptors (Lipinski definition) is 6. The molecule has 2 aliphatic heterocycles. The van der Waals surface area contributed by atoms with Gasteiger partial charge >= 0.3 is 0 Å². The fourth-order valence-electron chi connectivity index (χ4n) is 6.08. The highest BCUT2D eigenvalue weighted by Crippen LogP contribution is 2.35.